The number of nitrogens with zero attached hydrogens (tertiary/aromatic N) is 2. The number of hydrogen-bond acceptors (Lipinski definition) is 6. The van der Waals surface area contributed by atoms with Crippen LogP contribution in [0.5, 0.6) is 0 Å². The first kappa shape index (κ1) is 13.5. The van der Waals surface area contributed by atoms with Crippen LogP contribution in [0.3, 0.4) is 0 Å². The molecule has 2 atom stereocenters. The fraction of sp³-hybridized carbons (Fsp3) is 0.692. The van der Waals surface area contributed by atoms with E-state index in [-0.39, 0.29) is 11.8 Å². The molecule has 2 aliphatic rings. The Bertz CT molecular complexity index is 476. The summed E-state index contributed by atoms with van der Waals surface area (Å²) in [6.45, 7) is 4.15. The molecule has 2 N–H and O–H groups in total. The highest BCUT2D eigenvalue weighted by Crippen LogP contribution is 2.22. The highest BCUT2D eigenvalue weighted by molar-refractivity contribution is 5.85. The van der Waals surface area contributed by atoms with E-state index in [1.165, 1.54) is 25.5 Å². The third kappa shape index (κ3) is 3.00. The van der Waals surface area contributed by atoms with E-state index in [4.69, 9.17) is 14.4 Å². The van der Waals surface area contributed by atoms with Gasteiger partial charge in [-0.2, -0.15) is 0 Å². The fourth-order valence-electron chi connectivity index (χ4n) is 2.86. The zero-order valence-electron chi connectivity index (χ0n) is 11.2. The first-order valence-corrected chi connectivity index (χ1v) is 6.97. The number of carboxylic acid groups (broad SMARTS) is 1. The smallest absolute Gasteiger partial charge is 0.358 e. The van der Waals surface area contributed by atoms with Crippen molar-refractivity contribution in [2.24, 2.45) is 0 Å². The predicted molar refractivity (Wildman–Crippen MR) is 69.5 cm³/mol. The van der Waals surface area contributed by atoms with Gasteiger partial charge in [-0.15, -0.1) is 0 Å². The van der Waals surface area contributed by atoms with Gasteiger partial charge in [0.25, 0.3) is 0 Å². The van der Waals surface area contributed by atoms with Gasteiger partial charge in [0.15, 0.2) is 11.5 Å². The number of morpholine rings is 1. The number of carboxylic acids is 1. The molecule has 7 heteroatoms. The van der Waals surface area contributed by atoms with Crippen molar-refractivity contribution in [1.82, 2.24) is 15.4 Å². The van der Waals surface area contributed by atoms with Gasteiger partial charge in [0, 0.05) is 25.2 Å². The molecular formula is C13H19N3O4. The standard InChI is InChI=1S/C13H19N3O4/c17-13(18)12-4-10(20-15-12)5-14-6-11-7-16-3-1-2-9(16)8-19-11/h4,9,11,14H,1-3,5-8H2,(H,17,18). The molecule has 110 valence electrons. The van der Waals surface area contributed by atoms with Gasteiger partial charge in [-0.05, 0) is 19.4 Å². The number of aromatic carboxylic acids is 1. The van der Waals surface area contributed by atoms with E-state index >= 15 is 0 Å². The Morgan fingerprint density at radius 1 is 1.60 bits per heavy atom. The van der Waals surface area contributed by atoms with Gasteiger partial charge in [-0.3, -0.25) is 4.90 Å². The van der Waals surface area contributed by atoms with E-state index in [0.717, 1.165) is 19.7 Å². The van der Waals surface area contributed by atoms with Gasteiger partial charge in [0.2, 0.25) is 0 Å². The van der Waals surface area contributed by atoms with Crippen LogP contribution in [0, 0.1) is 0 Å². The molecule has 0 radical (unpaired) electrons. The van der Waals surface area contributed by atoms with Gasteiger partial charge in [0.05, 0.1) is 19.3 Å². The van der Waals surface area contributed by atoms with Crippen LogP contribution < -0.4 is 5.32 Å². The molecule has 20 heavy (non-hydrogen) atoms. The van der Waals surface area contributed by atoms with E-state index in [1.807, 2.05) is 0 Å². The summed E-state index contributed by atoms with van der Waals surface area (Å²) in [5.74, 6) is -0.548. The van der Waals surface area contributed by atoms with Gasteiger partial charge >= 0.3 is 5.97 Å². The minimum absolute atomic E-state index is 0.0596. The zero-order chi connectivity index (χ0) is 13.9. The summed E-state index contributed by atoms with van der Waals surface area (Å²) in [6, 6.07) is 2.05. The lowest BCUT2D eigenvalue weighted by molar-refractivity contribution is -0.0471. The van der Waals surface area contributed by atoms with E-state index in [1.54, 1.807) is 0 Å². The van der Waals surface area contributed by atoms with E-state index < -0.39 is 5.97 Å². The third-order valence-corrected chi connectivity index (χ3v) is 3.91. The van der Waals surface area contributed by atoms with Crippen molar-refractivity contribution >= 4 is 5.97 Å². The molecule has 2 fully saturated rings. The molecule has 2 unspecified atom stereocenters. The second-order valence-electron chi connectivity index (χ2n) is 5.36. The summed E-state index contributed by atoms with van der Waals surface area (Å²) >= 11 is 0. The Balaban J connectivity index is 1.42. The van der Waals surface area contributed by atoms with Crippen LogP contribution in [-0.4, -0.2) is 59.5 Å². The Labute approximate surface area is 116 Å². The molecule has 3 heterocycles. The van der Waals surface area contributed by atoms with Crippen molar-refractivity contribution in [3.8, 4) is 0 Å². The summed E-state index contributed by atoms with van der Waals surface area (Å²) in [5, 5.41) is 15.4. The molecule has 1 aromatic rings. The molecule has 0 aliphatic carbocycles. The Kier molecular flexibility index (Phi) is 4.00. The maximum atomic E-state index is 10.7. The Hall–Kier alpha value is -1.44. The first-order valence-electron chi connectivity index (χ1n) is 6.97. The van der Waals surface area contributed by atoms with Gasteiger partial charge in [-0.1, -0.05) is 5.16 Å². The molecule has 2 aliphatic heterocycles. The third-order valence-electron chi connectivity index (χ3n) is 3.91. The van der Waals surface area contributed by atoms with Crippen molar-refractivity contribution in [1.29, 1.82) is 0 Å². The second-order valence-corrected chi connectivity index (χ2v) is 5.36. The van der Waals surface area contributed by atoms with Crippen LogP contribution in [-0.2, 0) is 11.3 Å². The highest BCUT2D eigenvalue weighted by atomic mass is 16.5. The molecule has 0 aromatic carbocycles. The molecule has 3 rings (SSSR count). The van der Waals surface area contributed by atoms with Crippen LogP contribution in [0.4, 0.5) is 0 Å². The van der Waals surface area contributed by atoms with Crippen LogP contribution in [0.1, 0.15) is 29.1 Å². The minimum atomic E-state index is -1.07. The predicted octanol–water partition coefficient (Wildman–Crippen LogP) is 0.326. The summed E-state index contributed by atoms with van der Waals surface area (Å²) < 4.78 is 10.8. The lowest BCUT2D eigenvalue weighted by Gasteiger charge is -2.35. The summed E-state index contributed by atoms with van der Waals surface area (Å²) in [6.07, 6.45) is 2.70. The lowest BCUT2D eigenvalue weighted by Crippen LogP contribution is -2.49. The number of rotatable bonds is 5. The first-order chi connectivity index (χ1) is 9.72. The molecule has 0 amide bonds. The quantitative estimate of drug-likeness (QED) is 0.803. The molecular weight excluding hydrogens is 262 g/mol. The molecule has 0 saturated carbocycles. The van der Waals surface area contributed by atoms with Gasteiger partial charge in [-0.25, -0.2) is 4.79 Å². The van der Waals surface area contributed by atoms with Crippen LogP contribution >= 0.6 is 0 Å². The number of aromatic nitrogens is 1. The maximum absolute atomic E-state index is 10.7. The number of ether oxygens (including phenoxy) is 1. The van der Waals surface area contributed by atoms with Crippen molar-refractivity contribution < 1.29 is 19.2 Å². The van der Waals surface area contributed by atoms with E-state index in [9.17, 15) is 4.79 Å². The Morgan fingerprint density at radius 2 is 2.50 bits per heavy atom. The minimum Gasteiger partial charge on any atom is -0.476 e. The SMILES string of the molecule is O=C(O)c1cc(CNCC2CN3CCCC3CO2)on1. The number of carbonyl (C=O) groups is 1. The summed E-state index contributed by atoms with van der Waals surface area (Å²) in [5.41, 5.74) is -0.0596. The van der Waals surface area contributed by atoms with Gasteiger partial charge in [0.1, 0.15) is 0 Å². The van der Waals surface area contributed by atoms with Crippen LogP contribution in [0.25, 0.3) is 0 Å². The number of fused-ring (bicyclic) bond motifs is 1. The van der Waals surface area contributed by atoms with Crippen molar-refractivity contribution in [2.75, 3.05) is 26.2 Å². The molecule has 0 spiro atoms. The van der Waals surface area contributed by atoms with Crippen LogP contribution in [0.2, 0.25) is 0 Å². The highest BCUT2D eigenvalue weighted by Gasteiger charge is 2.31. The van der Waals surface area contributed by atoms with E-state index in [0.29, 0.717) is 18.3 Å². The second kappa shape index (κ2) is 5.90. The maximum Gasteiger partial charge on any atom is 0.358 e. The van der Waals surface area contributed by atoms with Crippen LogP contribution in [0.15, 0.2) is 10.6 Å². The van der Waals surface area contributed by atoms with Crippen molar-refractivity contribution in [2.45, 2.75) is 31.5 Å². The average molecular weight is 281 g/mol. The molecule has 0 bridgehead atoms. The molecule has 2 saturated heterocycles. The monoisotopic (exact) mass is 281 g/mol. The molecule has 7 nitrogen and oxygen atoms in total. The van der Waals surface area contributed by atoms with E-state index in [2.05, 4.69) is 15.4 Å². The van der Waals surface area contributed by atoms with Crippen molar-refractivity contribution in [3.63, 3.8) is 0 Å². The topological polar surface area (TPSA) is 87.8 Å². The number of hydrogen-bond donors (Lipinski definition) is 2. The number of nitrogens with one attached hydrogen (secondary N) is 1. The lowest BCUT2D eigenvalue weighted by atomic mass is 10.2. The largest absolute Gasteiger partial charge is 0.476 e. The molecule has 1 aromatic heterocycles. The normalized spacial score (nSPS) is 26.6. The fourth-order valence-corrected chi connectivity index (χ4v) is 2.86. The average Bonchev–Trinajstić information content (AvgIpc) is 3.06. The van der Waals surface area contributed by atoms with Crippen molar-refractivity contribution in [3.05, 3.63) is 17.5 Å². The van der Waals surface area contributed by atoms with Gasteiger partial charge < -0.3 is 19.7 Å². The zero-order valence-corrected chi connectivity index (χ0v) is 11.2. The summed E-state index contributed by atoms with van der Waals surface area (Å²) in [4.78, 5) is 13.2. The Morgan fingerprint density at radius 3 is 3.30 bits per heavy atom. The summed E-state index contributed by atoms with van der Waals surface area (Å²) in [7, 11) is 0.